The van der Waals surface area contributed by atoms with E-state index in [-0.39, 0.29) is 29.4 Å². The molecule has 0 aliphatic rings. The Morgan fingerprint density at radius 3 is 2.28 bits per heavy atom. The summed E-state index contributed by atoms with van der Waals surface area (Å²) in [6, 6.07) is 4.69. The van der Waals surface area contributed by atoms with Crippen LogP contribution in [0.15, 0.2) is 34.3 Å². The predicted molar refractivity (Wildman–Crippen MR) is 102 cm³/mol. The second-order valence-corrected chi connectivity index (χ2v) is 7.50. The van der Waals surface area contributed by atoms with Gasteiger partial charge in [-0.25, -0.2) is 15.3 Å². The first-order valence-electron chi connectivity index (χ1n) is 8.29. The molecule has 0 amide bonds. The van der Waals surface area contributed by atoms with Crippen LogP contribution in [-0.4, -0.2) is 38.2 Å². The van der Waals surface area contributed by atoms with Crippen LogP contribution in [0.25, 0.3) is 0 Å². The Balaban J connectivity index is 2.68. The first kappa shape index (κ1) is 24.3. The van der Waals surface area contributed by atoms with Crippen LogP contribution in [0, 0.1) is 0 Å². The van der Waals surface area contributed by atoms with Crippen LogP contribution in [0.3, 0.4) is 0 Å². The number of alkyl halides is 3. The molecule has 10 nitrogen and oxygen atoms in total. The number of sulfonamides is 1. The Labute approximate surface area is 166 Å². The smallest absolute Gasteiger partial charge is 0.463 e. The number of rotatable bonds is 8. The summed E-state index contributed by atoms with van der Waals surface area (Å²) in [6.07, 6.45) is -0.483. The van der Waals surface area contributed by atoms with E-state index >= 15 is 0 Å². The number of nitrogens with two attached hydrogens (primary N) is 2. The highest BCUT2D eigenvalue weighted by Gasteiger charge is 2.46. The summed E-state index contributed by atoms with van der Waals surface area (Å²) in [4.78, 5) is 13.0. The Morgan fingerprint density at radius 2 is 1.79 bits per heavy atom. The predicted octanol–water partition coefficient (Wildman–Crippen LogP) is 1.62. The van der Waals surface area contributed by atoms with Crippen molar-refractivity contribution in [3.63, 3.8) is 0 Å². The summed E-state index contributed by atoms with van der Waals surface area (Å²) in [7, 11) is -5.50. The number of aliphatic imine (C=N–C) groups is 2. The number of anilines is 1. The molecule has 0 spiro atoms. The molecule has 29 heavy (non-hydrogen) atoms. The van der Waals surface area contributed by atoms with Gasteiger partial charge in [0.1, 0.15) is 5.75 Å². The van der Waals surface area contributed by atoms with E-state index in [0.29, 0.717) is 6.42 Å². The van der Waals surface area contributed by atoms with E-state index < -0.39 is 21.8 Å². The van der Waals surface area contributed by atoms with Gasteiger partial charge in [-0.1, -0.05) is 6.92 Å². The van der Waals surface area contributed by atoms with E-state index in [2.05, 4.69) is 15.5 Å². The van der Waals surface area contributed by atoms with E-state index in [1.165, 1.54) is 16.9 Å². The van der Waals surface area contributed by atoms with Crippen molar-refractivity contribution in [3.05, 3.63) is 24.3 Å². The molecular weight excluding hydrogens is 417 g/mol. The van der Waals surface area contributed by atoms with Crippen molar-refractivity contribution in [1.29, 1.82) is 0 Å². The largest absolute Gasteiger partial charge is 0.516 e. The minimum Gasteiger partial charge on any atom is -0.463 e. The normalized spacial score (nSPS) is 14.6. The van der Waals surface area contributed by atoms with Crippen molar-refractivity contribution in [1.82, 2.24) is 5.48 Å². The lowest BCUT2D eigenvalue weighted by Gasteiger charge is -2.18. The van der Waals surface area contributed by atoms with Gasteiger partial charge in [0.25, 0.3) is 0 Å². The van der Waals surface area contributed by atoms with Crippen LogP contribution in [0.5, 0.6) is 5.75 Å². The molecule has 0 aromatic heterocycles. The van der Waals surface area contributed by atoms with Gasteiger partial charge in [-0.15, -0.1) is 0 Å². The van der Waals surface area contributed by atoms with Gasteiger partial charge in [0.15, 0.2) is 0 Å². The molecule has 0 saturated heterocycles. The van der Waals surface area contributed by atoms with Crippen LogP contribution >= 0.6 is 0 Å². The number of hydrogen-bond acceptors (Lipinski definition) is 5. The molecule has 0 fully saturated rings. The zero-order chi connectivity index (χ0) is 22.2. The molecule has 0 radical (unpaired) electrons. The monoisotopic (exact) mass is 440 g/mol. The fourth-order valence-corrected chi connectivity index (χ4v) is 2.28. The van der Waals surface area contributed by atoms with Crippen molar-refractivity contribution in [2.45, 2.75) is 45.0 Å². The van der Waals surface area contributed by atoms with Crippen molar-refractivity contribution < 1.29 is 31.2 Å². The first-order chi connectivity index (χ1) is 13.3. The number of guanidine groups is 2. The molecule has 6 N–H and O–H groups in total. The van der Waals surface area contributed by atoms with Gasteiger partial charge in [-0.3, -0.25) is 4.72 Å². The lowest BCUT2D eigenvalue weighted by Crippen LogP contribution is -2.38. The number of benzene rings is 1. The minimum absolute atomic E-state index is 0.0422. The number of nitrogens with one attached hydrogen (secondary N) is 2. The summed E-state index contributed by atoms with van der Waals surface area (Å²) in [5.74, 6) is 0.00956. The maximum atomic E-state index is 12.4. The van der Waals surface area contributed by atoms with Gasteiger partial charge in [0.05, 0.1) is 0 Å². The van der Waals surface area contributed by atoms with Gasteiger partial charge in [-0.05, 0) is 38.1 Å². The molecule has 1 atom stereocenters. The van der Waals surface area contributed by atoms with Crippen molar-refractivity contribution >= 4 is 27.6 Å². The number of nitrogens with zero attached hydrogens (tertiary/aromatic N) is 2. The number of ether oxygens (including phenoxy) is 1. The Kier molecular flexibility index (Phi) is 8.51. The van der Waals surface area contributed by atoms with E-state index in [4.69, 9.17) is 21.0 Å². The van der Waals surface area contributed by atoms with Gasteiger partial charge >= 0.3 is 15.5 Å². The molecule has 14 heteroatoms. The second kappa shape index (κ2) is 10.2. The summed E-state index contributed by atoms with van der Waals surface area (Å²) in [5, 5.41) is 0. The number of hydrogen-bond donors (Lipinski definition) is 4. The minimum atomic E-state index is -5.50. The van der Waals surface area contributed by atoms with Gasteiger partial charge < -0.3 is 16.2 Å². The third-order valence-corrected chi connectivity index (χ3v) is 4.05. The highest BCUT2D eigenvalue weighted by molar-refractivity contribution is 7.93. The third-order valence-electron chi connectivity index (χ3n) is 2.93. The number of halogens is 3. The van der Waals surface area contributed by atoms with Crippen LogP contribution in [0.2, 0.25) is 0 Å². The van der Waals surface area contributed by atoms with Crippen LogP contribution in [0.4, 0.5) is 18.9 Å². The highest BCUT2D eigenvalue weighted by atomic mass is 32.2. The summed E-state index contributed by atoms with van der Waals surface area (Å²) in [6.45, 7) is 5.35. The Morgan fingerprint density at radius 1 is 1.21 bits per heavy atom. The first-order valence-corrected chi connectivity index (χ1v) is 9.77. The Hall–Kier alpha value is -2.74. The fraction of sp³-hybridized carbons (Fsp3) is 0.467. The summed E-state index contributed by atoms with van der Waals surface area (Å²) in [5.41, 5.74) is 7.81. The molecular formula is C15H23F3N6O4S. The molecule has 1 aromatic carbocycles. The topological polar surface area (TPSA) is 153 Å². The maximum Gasteiger partial charge on any atom is 0.516 e. The summed E-state index contributed by atoms with van der Waals surface area (Å²) < 4.78 is 66.2. The average Bonchev–Trinajstić information content (AvgIpc) is 2.58. The average molecular weight is 440 g/mol. The van der Waals surface area contributed by atoms with Crippen LogP contribution in [-0.2, 0) is 14.9 Å². The van der Waals surface area contributed by atoms with Crippen LogP contribution in [0.1, 0.15) is 27.2 Å². The Bertz CT molecular complexity index is 825. The van der Waals surface area contributed by atoms with E-state index in [1.807, 2.05) is 13.8 Å². The highest BCUT2D eigenvalue weighted by Crippen LogP contribution is 2.26. The third kappa shape index (κ3) is 8.43. The fourth-order valence-electron chi connectivity index (χ4n) is 1.72. The molecule has 0 aliphatic carbocycles. The molecule has 1 unspecified atom stereocenters. The standard InChI is InChI=1S/C15H23F3N6O4S/c1-4-12(28-23-14(20)22-13(19)21-9(2)3)27-11-7-5-10(6-8-11)24-29(25,26)15(16,17)18/h5-9,12,24H,4H2,1-3H3,(H5,19,20,21,22,23). The molecule has 0 heterocycles. The van der Waals surface area contributed by atoms with Crippen molar-refractivity contribution in [2.24, 2.45) is 21.5 Å². The van der Waals surface area contributed by atoms with Crippen molar-refractivity contribution in [2.75, 3.05) is 4.72 Å². The summed E-state index contributed by atoms with van der Waals surface area (Å²) >= 11 is 0. The van der Waals surface area contributed by atoms with E-state index in [9.17, 15) is 21.6 Å². The molecule has 0 bridgehead atoms. The molecule has 1 aromatic rings. The molecule has 0 saturated carbocycles. The number of hydroxylamine groups is 1. The quantitative estimate of drug-likeness (QED) is 0.207. The molecule has 164 valence electrons. The van der Waals surface area contributed by atoms with E-state index in [0.717, 1.165) is 12.1 Å². The lowest BCUT2D eigenvalue weighted by atomic mass is 10.3. The van der Waals surface area contributed by atoms with E-state index in [1.54, 1.807) is 6.92 Å². The van der Waals surface area contributed by atoms with Gasteiger partial charge in [0.2, 0.25) is 18.2 Å². The maximum absolute atomic E-state index is 12.4. The molecule has 0 aliphatic heterocycles. The zero-order valence-electron chi connectivity index (χ0n) is 15.9. The van der Waals surface area contributed by atoms with Crippen molar-refractivity contribution in [3.8, 4) is 5.75 Å². The van der Waals surface area contributed by atoms with Gasteiger partial charge in [0, 0.05) is 18.2 Å². The van der Waals surface area contributed by atoms with Gasteiger partial charge in [-0.2, -0.15) is 26.6 Å². The van der Waals surface area contributed by atoms with Crippen LogP contribution < -0.4 is 26.4 Å². The lowest BCUT2D eigenvalue weighted by molar-refractivity contribution is -0.110. The second-order valence-electron chi connectivity index (χ2n) is 5.83. The molecule has 1 rings (SSSR count). The zero-order valence-corrected chi connectivity index (χ0v) is 16.7. The SMILES string of the molecule is CCC(ONC(N)=NC(N)=NC(C)C)Oc1ccc(NS(=O)(=O)C(F)(F)F)cc1.